The smallest absolute Gasteiger partial charge is 0.208 e. The van der Waals surface area contributed by atoms with E-state index >= 15 is 0 Å². The van der Waals surface area contributed by atoms with Crippen molar-refractivity contribution in [3.63, 3.8) is 0 Å². The molecule has 0 heterocycles. The lowest BCUT2D eigenvalue weighted by Crippen LogP contribution is -2.43. The van der Waals surface area contributed by atoms with Crippen molar-refractivity contribution in [3.8, 4) is 0 Å². The number of sulfonamides is 1. The molecule has 2 rings (SSSR count). The molecule has 0 bridgehead atoms. The van der Waals surface area contributed by atoms with Crippen LogP contribution in [0.2, 0.25) is 0 Å². The minimum Gasteiger partial charge on any atom is -0.208 e. The van der Waals surface area contributed by atoms with E-state index in [1.165, 1.54) is 6.42 Å². The van der Waals surface area contributed by atoms with Crippen LogP contribution in [-0.4, -0.2) is 14.5 Å². The molecule has 19 heavy (non-hydrogen) atoms. The molecule has 1 N–H and O–H groups in total. The zero-order valence-electron chi connectivity index (χ0n) is 11.3. The van der Waals surface area contributed by atoms with Crippen molar-refractivity contribution in [3.05, 3.63) is 28.7 Å². The SMILES string of the molecule is CC1CCCC(NS(=O)(=O)c2cccc(Br)c2)C1C. The molecule has 0 aromatic heterocycles. The highest BCUT2D eigenvalue weighted by atomic mass is 79.9. The van der Waals surface area contributed by atoms with Crippen molar-refractivity contribution >= 4 is 26.0 Å². The first kappa shape index (κ1) is 15.0. The zero-order valence-corrected chi connectivity index (χ0v) is 13.7. The first-order valence-corrected chi connectivity index (χ1v) is 8.95. The van der Waals surface area contributed by atoms with Gasteiger partial charge >= 0.3 is 0 Å². The van der Waals surface area contributed by atoms with Crippen molar-refractivity contribution in [2.24, 2.45) is 11.8 Å². The standard InChI is InChI=1S/C14H20BrNO2S/c1-10-5-3-8-14(11(10)2)16-19(17,18)13-7-4-6-12(15)9-13/h4,6-7,9-11,14,16H,3,5,8H2,1-2H3. The maximum atomic E-state index is 12.4. The van der Waals surface area contributed by atoms with Gasteiger partial charge in [0.15, 0.2) is 0 Å². The summed E-state index contributed by atoms with van der Waals surface area (Å²) < 4.78 is 28.4. The van der Waals surface area contributed by atoms with Gasteiger partial charge in [-0.3, -0.25) is 0 Å². The third-order valence-corrected chi connectivity index (χ3v) is 6.10. The Morgan fingerprint density at radius 1 is 1.26 bits per heavy atom. The minimum absolute atomic E-state index is 0.0488. The van der Waals surface area contributed by atoms with Crippen LogP contribution < -0.4 is 4.72 Å². The number of benzene rings is 1. The molecule has 0 saturated heterocycles. The van der Waals surface area contributed by atoms with Gasteiger partial charge in [-0.2, -0.15) is 0 Å². The fourth-order valence-electron chi connectivity index (χ4n) is 2.65. The number of hydrogen-bond acceptors (Lipinski definition) is 2. The molecular weight excluding hydrogens is 326 g/mol. The van der Waals surface area contributed by atoms with Crippen LogP contribution in [0.5, 0.6) is 0 Å². The summed E-state index contributed by atoms with van der Waals surface area (Å²) in [6.45, 7) is 4.34. The summed E-state index contributed by atoms with van der Waals surface area (Å²) >= 11 is 3.31. The van der Waals surface area contributed by atoms with E-state index < -0.39 is 10.0 Å². The topological polar surface area (TPSA) is 46.2 Å². The van der Waals surface area contributed by atoms with Crippen molar-refractivity contribution in [2.75, 3.05) is 0 Å². The molecule has 3 unspecified atom stereocenters. The van der Waals surface area contributed by atoms with Crippen LogP contribution in [0.15, 0.2) is 33.6 Å². The molecule has 1 aliphatic rings. The third-order valence-electron chi connectivity index (χ3n) is 4.12. The zero-order chi connectivity index (χ0) is 14.0. The van der Waals surface area contributed by atoms with Crippen molar-refractivity contribution in [1.82, 2.24) is 4.72 Å². The van der Waals surface area contributed by atoms with Crippen LogP contribution in [0.4, 0.5) is 0 Å². The number of rotatable bonds is 3. The van der Waals surface area contributed by atoms with E-state index in [9.17, 15) is 8.42 Å². The first-order chi connectivity index (χ1) is 8.90. The third kappa shape index (κ3) is 3.58. The van der Waals surface area contributed by atoms with Gasteiger partial charge in [0.25, 0.3) is 0 Å². The molecule has 0 amide bonds. The molecule has 1 aromatic carbocycles. The van der Waals surface area contributed by atoms with Crippen LogP contribution in [-0.2, 0) is 10.0 Å². The maximum absolute atomic E-state index is 12.4. The van der Waals surface area contributed by atoms with Gasteiger partial charge in [-0.15, -0.1) is 0 Å². The van der Waals surface area contributed by atoms with Crippen LogP contribution in [0.3, 0.4) is 0 Å². The summed E-state index contributed by atoms with van der Waals surface area (Å²) in [6.07, 6.45) is 3.21. The predicted octanol–water partition coefficient (Wildman–Crippen LogP) is 3.55. The highest BCUT2D eigenvalue weighted by molar-refractivity contribution is 9.10. The minimum atomic E-state index is -3.42. The lowest BCUT2D eigenvalue weighted by molar-refractivity contribution is 0.227. The highest BCUT2D eigenvalue weighted by Crippen LogP contribution is 2.30. The van der Waals surface area contributed by atoms with Gasteiger partial charge in [-0.25, -0.2) is 13.1 Å². The largest absolute Gasteiger partial charge is 0.240 e. The molecule has 5 heteroatoms. The van der Waals surface area contributed by atoms with E-state index in [-0.39, 0.29) is 6.04 Å². The van der Waals surface area contributed by atoms with E-state index in [1.807, 2.05) is 6.07 Å². The van der Waals surface area contributed by atoms with Gasteiger partial charge in [0, 0.05) is 10.5 Å². The van der Waals surface area contributed by atoms with Gasteiger partial charge in [0.1, 0.15) is 0 Å². The summed E-state index contributed by atoms with van der Waals surface area (Å²) in [4.78, 5) is 0.326. The van der Waals surface area contributed by atoms with E-state index in [0.717, 1.165) is 17.3 Å². The summed E-state index contributed by atoms with van der Waals surface area (Å²) in [5, 5.41) is 0. The Morgan fingerprint density at radius 2 is 2.00 bits per heavy atom. The number of halogens is 1. The molecule has 1 aromatic rings. The van der Waals surface area contributed by atoms with Crippen molar-refractivity contribution in [2.45, 2.75) is 44.0 Å². The molecule has 1 saturated carbocycles. The normalized spacial score (nSPS) is 28.3. The molecule has 0 spiro atoms. The fraction of sp³-hybridized carbons (Fsp3) is 0.571. The Hall–Kier alpha value is -0.390. The van der Waals surface area contributed by atoms with Gasteiger partial charge in [0.05, 0.1) is 4.90 Å². The Kier molecular flexibility index (Phi) is 4.69. The van der Waals surface area contributed by atoms with Crippen molar-refractivity contribution in [1.29, 1.82) is 0 Å². The van der Waals surface area contributed by atoms with Gasteiger partial charge in [0.2, 0.25) is 10.0 Å². The second-order valence-corrected chi connectivity index (χ2v) is 8.08. The second-order valence-electron chi connectivity index (χ2n) is 5.45. The highest BCUT2D eigenvalue weighted by Gasteiger charge is 2.30. The Labute approximate surface area is 124 Å². The van der Waals surface area contributed by atoms with E-state index in [2.05, 4.69) is 34.5 Å². The molecular formula is C14H20BrNO2S. The molecule has 0 radical (unpaired) electrons. The summed E-state index contributed by atoms with van der Waals surface area (Å²) in [5.74, 6) is 0.958. The summed E-state index contributed by atoms with van der Waals surface area (Å²) in [6, 6.07) is 6.88. The Morgan fingerprint density at radius 3 is 2.68 bits per heavy atom. The van der Waals surface area contributed by atoms with Gasteiger partial charge in [-0.1, -0.05) is 48.7 Å². The van der Waals surface area contributed by atoms with Gasteiger partial charge in [-0.05, 0) is 36.5 Å². The fourth-order valence-corrected chi connectivity index (χ4v) is 4.61. The monoisotopic (exact) mass is 345 g/mol. The van der Waals surface area contributed by atoms with E-state index in [4.69, 9.17) is 0 Å². The number of hydrogen-bond donors (Lipinski definition) is 1. The van der Waals surface area contributed by atoms with E-state index in [0.29, 0.717) is 16.7 Å². The van der Waals surface area contributed by atoms with Crippen LogP contribution in [0.1, 0.15) is 33.1 Å². The average Bonchev–Trinajstić information content (AvgIpc) is 2.35. The quantitative estimate of drug-likeness (QED) is 0.910. The number of nitrogens with one attached hydrogen (secondary N) is 1. The van der Waals surface area contributed by atoms with E-state index in [1.54, 1.807) is 18.2 Å². The molecule has 1 fully saturated rings. The Bertz CT molecular complexity index is 544. The lowest BCUT2D eigenvalue weighted by atomic mass is 9.78. The second kappa shape index (κ2) is 5.94. The lowest BCUT2D eigenvalue weighted by Gasteiger charge is -2.34. The van der Waals surface area contributed by atoms with Crippen LogP contribution >= 0.6 is 15.9 Å². The predicted molar refractivity (Wildman–Crippen MR) is 80.4 cm³/mol. The summed E-state index contributed by atoms with van der Waals surface area (Å²) in [5.41, 5.74) is 0. The molecule has 3 atom stereocenters. The molecule has 1 aliphatic carbocycles. The maximum Gasteiger partial charge on any atom is 0.240 e. The van der Waals surface area contributed by atoms with Gasteiger partial charge < -0.3 is 0 Å². The molecule has 0 aliphatic heterocycles. The average molecular weight is 346 g/mol. The van der Waals surface area contributed by atoms with Crippen molar-refractivity contribution < 1.29 is 8.42 Å². The first-order valence-electron chi connectivity index (χ1n) is 6.68. The van der Waals surface area contributed by atoms with Crippen LogP contribution in [0, 0.1) is 11.8 Å². The summed E-state index contributed by atoms with van der Waals surface area (Å²) in [7, 11) is -3.42. The molecule has 106 valence electrons. The Balaban J connectivity index is 2.17. The van der Waals surface area contributed by atoms with Crippen LogP contribution in [0.25, 0.3) is 0 Å². The molecule has 3 nitrogen and oxygen atoms in total.